The van der Waals surface area contributed by atoms with Crippen LogP contribution in [0.4, 0.5) is 17.6 Å². The predicted molar refractivity (Wildman–Crippen MR) is 107 cm³/mol. The molecule has 2 aromatic carbocycles. The minimum atomic E-state index is -4.61. The van der Waals surface area contributed by atoms with E-state index in [1.807, 2.05) is 6.92 Å². The average Bonchev–Trinajstić information content (AvgIpc) is 3.10. The van der Waals surface area contributed by atoms with Crippen LogP contribution >= 0.6 is 0 Å². The van der Waals surface area contributed by atoms with Crippen molar-refractivity contribution in [2.75, 3.05) is 7.18 Å². The van der Waals surface area contributed by atoms with Crippen LogP contribution in [0.25, 0.3) is 22.4 Å². The van der Waals surface area contributed by atoms with Crippen LogP contribution in [0, 0.1) is 6.92 Å². The lowest BCUT2D eigenvalue weighted by molar-refractivity contribution is -0.143. The fourth-order valence-corrected chi connectivity index (χ4v) is 3.49. The monoisotopic (exact) mass is 443 g/mol. The number of alkyl halides is 4. The van der Waals surface area contributed by atoms with Gasteiger partial charge in [-0.2, -0.15) is 18.3 Å². The Balaban J connectivity index is 0.00000155. The molecule has 2 N–H and O–H groups in total. The van der Waals surface area contributed by atoms with Gasteiger partial charge in [0.05, 0.1) is 12.1 Å². The first-order valence-corrected chi connectivity index (χ1v) is 10.3. The third-order valence-corrected chi connectivity index (χ3v) is 5.25. The lowest BCUT2D eigenvalue weighted by Crippen LogP contribution is -2.14. The number of nitrogens with two attached hydrogens (primary N) is 1. The first-order valence-electron chi connectivity index (χ1n) is 8.78. The third kappa shape index (κ3) is 4.88. The first-order chi connectivity index (χ1) is 14.0. The van der Waals surface area contributed by atoms with Crippen LogP contribution in [0.15, 0.2) is 53.4 Å². The van der Waals surface area contributed by atoms with Crippen molar-refractivity contribution in [2.45, 2.75) is 31.5 Å². The molecule has 0 saturated heterocycles. The molecule has 0 radical (unpaired) electrons. The molecule has 0 spiro atoms. The highest BCUT2D eigenvalue weighted by Gasteiger charge is 2.40. The van der Waals surface area contributed by atoms with E-state index in [-0.39, 0.29) is 22.7 Å². The van der Waals surface area contributed by atoms with Gasteiger partial charge in [-0.25, -0.2) is 13.6 Å². The SMILES string of the molecule is CCn1nc(-c2ccc(S(N)(=O)=O)cc2)c(-c2ccc(C)cc2)c1C(F)(F)F.CF. The molecule has 0 amide bonds. The molecule has 0 fully saturated rings. The summed E-state index contributed by atoms with van der Waals surface area (Å²) >= 11 is 0. The van der Waals surface area contributed by atoms with Gasteiger partial charge in [0.1, 0.15) is 5.69 Å². The summed E-state index contributed by atoms with van der Waals surface area (Å²) in [6, 6.07) is 12.0. The van der Waals surface area contributed by atoms with Crippen LogP contribution in [0.1, 0.15) is 18.2 Å². The number of benzene rings is 2. The molecule has 0 saturated carbocycles. The summed E-state index contributed by atoms with van der Waals surface area (Å²) < 4.78 is 74.9. The van der Waals surface area contributed by atoms with Gasteiger partial charge < -0.3 is 0 Å². The van der Waals surface area contributed by atoms with Crippen LogP contribution in [-0.4, -0.2) is 25.4 Å². The molecule has 1 aromatic heterocycles. The average molecular weight is 443 g/mol. The number of hydrogen-bond acceptors (Lipinski definition) is 3. The summed E-state index contributed by atoms with van der Waals surface area (Å²) in [6.45, 7) is 3.45. The largest absolute Gasteiger partial charge is 0.433 e. The minimum Gasteiger partial charge on any atom is -0.260 e. The molecule has 162 valence electrons. The Bertz CT molecular complexity index is 1100. The lowest BCUT2D eigenvalue weighted by atomic mass is 9.98. The van der Waals surface area contributed by atoms with E-state index < -0.39 is 21.9 Å². The van der Waals surface area contributed by atoms with Gasteiger partial charge in [0, 0.05) is 17.7 Å². The van der Waals surface area contributed by atoms with Crippen molar-refractivity contribution in [3.8, 4) is 22.4 Å². The second-order valence-electron chi connectivity index (χ2n) is 6.32. The Hall–Kier alpha value is -2.72. The summed E-state index contributed by atoms with van der Waals surface area (Å²) in [5, 5.41) is 9.26. The van der Waals surface area contributed by atoms with Crippen molar-refractivity contribution < 1.29 is 26.0 Å². The van der Waals surface area contributed by atoms with Crippen LogP contribution in [-0.2, 0) is 22.7 Å². The zero-order valence-electron chi connectivity index (χ0n) is 16.5. The Morgan fingerprint density at radius 3 is 1.90 bits per heavy atom. The van der Waals surface area contributed by atoms with Gasteiger partial charge in [-0.3, -0.25) is 9.07 Å². The maximum absolute atomic E-state index is 13.9. The highest BCUT2D eigenvalue weighted by molar-refractivity contribution is 7.89. The maximum atomic E-state index is 13.9. The second-order valence-corrected chi connectivity index (χ2v) is 7.88. The van der Waals surface area contributed by atoms with Crippen LogP contribution < -0.4 is 5.14 Å². The first kappa shape index (κ1) is 23.6. The molecule has 0 aliphatic carbocycles. The van der Waals surface area contributed by atoms with E-state index in [0.717, 1.165) is 10.2 Å². The highest BCUT2D eigenvalue weighted by atomic mass is 32.2. The van der Waals surface area contributed by atoms with E-state index in [1.54, 1.807) is 31.2 Å². The molecule has 0 bridgehead atoms. The molecule has 0 unspecified atom stereocenters. The molecule has 0 atom stereocenters. The zero-order chi connectivity index (χ0) is 22.7. The van der Waals surface area contributed by atoms with Crippen LogP contribution in [0.3, 0.4) is 0 Å². The van der Waals surface area contributed by atoms with Crippen LogP contribution in [0.2, 0.25) is 0 Å². The van der Waals surface area contributed by atoms with Gasteiger partial charge in [0.15, 0.2) is 5.69 Å². The number of aryl methyl sites for hydroxylation is 2. The lowest BCUT2D eigenvalue weighted by Gasteiger charge is -2.12. The summed E-state index contributed by atoms with van der Waals surface area (Å²) in [6.07, 6.45) is -4.61. The van der Waals surface area contributed by atoms with Gasteiger partial charge in [-0.15, -0.1) is 0 Å². The molecule has 30 heavy (non-hydrogen) atoms. The summed E-state index contributed by atoms with van der Waals surface area (Å²) in [7, 11) is -3.41. The van der Waals surface area contributed by atoms with E-state index in [2.05, 4.69) is 5.10 Å². The number of sulfonamides is 1. The Labute approximate surface area is 172 Å². The summed E-state index contributed by atoms with van der Waals surface area (Å²) in [5.74, 6) is 0. The van der Waals surface area contributed by atoms with E-state index in [1.165, 1.54) is 24.3 Å². The van der Waals surface area contributed by atoms with Gasteiger partial charge in [-0.05, 0) is 31.5 Å². The van der Waals surface area contributed by atoms with Crippen molar-refractivity contribution >= 4 is 10.0 Å². The van der Waals surface area contributed by atoms with E-state index in [0.29, 0.717) is 18.3 Å². The van der Waals surface area contributed by atoms with Crippen molar-refractivity contribution in [3.05, 3.63) is 59.8 Å². The molecule has 1 heterocycles. The quantitative estimate of drug-likeness (QED) is 0.589. The number of aromatic nitrogens is 2. The fraction of sp³-hybridized carbons (Fsp3) is 0.250. The smallest absolute Gasteiger partial charge is 0.260 e. The molecule has 3 rings (SSSR count). The third-order valence-electron chi connectivity index (χ3n) is 4.32. The predicted octanol–water partition coefficient (Wildman–Crippen LogP) is 4.80. The number of rotatable bonds is 4. The molecular weight excluding hydrogens is 422 g/mol. The molecule has 0 aliphatic rings. The van der Waals surface area contributed by atoms with Crippen LogP contribution in [0.5, 0.6) is 0 Å². The Morgan fingerprint density at radius 2 is 1.47 bits per heavy atom. The van der Waals surface area contributed by atoms with Crippen molar-refractivity contribution in [3.63, 3.8) is 0 Å². The minimum absolute atomic E-state index is 0.0307. The zero-order valence-corrected chi connectivity index (χ0v) is 17.4. The molecule has 5 nitrogen and oxygen atoms in total. The highest BCUT2D eigenvalue weighted by Crippen LogP contribution is 2.42. The fourth-order valence-electron chi connectivity index (χ4n) is 2.98. The van der Waals surface area contributed by atoms with Crippen molar-refractivity contribution in [1.82, 2.24) is 9.78 Å². The maximum Gasteiger partial charge on any atom is 0.433 e. The molecule has 0 aliphatic heterocycles. The Morgan fingerprint density at radius 1 is 0.967 bits per heavy atom. The standard InChI is InChI=1S/C19H18F3N3O2S.CH3F/c1-3-25-18(19(20,21)22)16(13-6-4-12(2)5-7-13)17(24-25)14-8-10-15(11-9-14)28(23,26)27;1-2/h4-11H,3H2,1-2H3,(H2,23,26,27);1H3. The topological polar surface area (TPSA) is 78.0 Å². The molecule has 3 aromatic rings. The van der Waals surface area contributed by atoms with E-state index in [4.69, 9.17) is 5.14 Å². The molecule has 10 heteroatoms. The Kier molecular flexibility index (Phi) is 7.04. The van der Waals surface area contributed by atoms with Gasteiger partial charge in [-0.1, -0.05) is 42.0 Å². The summed E-state index contributed by atoms with van der Waals surface area (Å²) in [4.78, 5) is -0.126. The normalized spacial score (nSPS) is 11.7. The van der Waals surface area contributed by atoms with E-state index >= 15 is 0 Å². The number of hydrogen-bond donors (Lipinski definition) is 1. The van der Waals surface area contributed by atoms with Gasteiger partial charge in [0.25, 0.3) is 0 Å². The van der Waals surface area contributed by atoms with Gasteiger partial charge in [0.2, 0.25) is 10.0 Å². The van der Waals surface area contributed by atoms with Gasteiger partial charge >= 0.3 is 6.18 Å². The molecular formula is C20H21F4N3O2S. The van der Waals surface area contributed by atoms with Crippen molar-refractivity contribution in [1.29, 1.82) is 0 Å². The number of nitrogens with zero attached hydrogens (tertiary/aromatic N) is 2. The van der Waals surface area contributed by atoms with E-state index in [9.17, 15) is 26.0 Å². The number of halogens is 4. The number of primary sulfonamides is 1. The second kappa shape index (κ2) is 8.97. The van der Waals surface area contributed by atoms with Crippen molar-refractivity contribution in [2.24, 2.45) is 5.14 Å². The summed E-state index contributed by atoms with van der Waals surface area (Å²) in [5.41, 5.74) is 0.893.